The molecule has 4 nitrogen and oxygen atoms in total. The number of fused-ring (bicyclic) bond motifs is 3. The second-order valence-corrected chi connectivity index (χ2v) is 10.2. The average molecular weight is 576 g/mol. The Kier molecular flexibility index (Phi) is 6.95. The lowest BCUT2D eigenvalue weighted by molar-refractivity contribution is 0.324. The fourth-order valence-electron chi connectivity index (χ4n) is 5.06. The molecule has 0 spiro atoms. The Balaban J connectivity index is 1.35. The van der Waals surface area contributed by atoms with Gasteiger partial charge in [-0.3, -0.25) is 4.99 Å². The largest absolute Gasteiger partial charge is 0.493 e. The number of anilines is 1. The quantitative estimate of drug-likeness (QED) is 0.178. The van der Waals surface area contributed by atoms with Crippen molar-refractivity contribution in [3.8, 4) is 11.5 Å². The van der Waals surface area contributed by atoms with E-state index in [-0.39, 0.29) is 6.04 Å². The minimum absolute atomic E-state index is 0.289. The third-order valence-electron chi connectivity index (χ3n) is 6.73. The van der Waals surface area contributed by atoms with Gasteiger partial charge in [-0.15, -0.1) is 0 Å². The maximum absolute atomic E-state index is 5.75. The lowest BCUT2D eigenvalue weighted by Crippen LogP contribution is -2.29. The first-order chi connectivity index (χ1) is 17.1. The van der Waals surface area contributed by atoms with Crippen molar-refractivity contribution in [3.63, 3.8) is 0 Å². The lowest BCUT2D eigenvalue weighted by atomic mass is 9.76. The van der Waals surface area contributed by atoms with Crippen LogP contribution in [0.5, 0.6) is 11.5 Å². The van der Waals surface area contributed by atoms with E-state index < -0.39 is 0 Å². The topological polar surface area (TPSA) is 42.8 Å². The van der Waals surface area contributed by atoms with Gasteiger partial charge in [0.25, 0.3) is 0 Å². The van der Waals surface area contributed by atoms with Crippen LogP contribution in [0.4, 0.5) is 11.4 Å². The second-order valence-electron chi connectivity index (χ2n) is 9.05. The molecule has 5 rings (SSSR count). The molecule has 1 aliphatic carbocycles. The predicted octanol–water partition coefficient (Wildman–Crippen LogP) is 7.75. The van der Waals surface area contributed by atoms with Crippen molar-refractivity contribution in [2.75, 3.05) is 19.0 Å². The van der Waals surface area contributed by atoms with Gasteiger partial charge in [0.2, 0.25) is 0 Å². The standard InChI is InChI=1S/C30H29IN2O2/c1-4-14-35-30-26(31)16-20(17-28(30)34-3)18-32-22-11-9-21(10-12-22)29-24-7-5-6-23(24)25-15-19(2)8-13-27(25)33-29/h4-6,8-13,15-18,23-24,29,33H,1,7,14H2,2-3H3/t23-,24-,29-/m0/s1. The summed E-state index contributed by atoms with van der Waals surface area (Å²) in [5, 5.41) is 3.82. The number of benzene rings is 3. The zero-order chi connectivity index (χ0) is 24.4. The number of hydrogen-bond donors (Lipinski definition) is 1. The van der Waals surface area contributed by atoms with Gasteiger partial charge in [0.15, 0.2) is 11.5 Å². The fraction of sp³-hybridized carbons (Fsp3) is 0.233. The van der Waals surface area contributed by atoms with Crippen molar-refractivity contribution in [1.82, 2.24) is 0 Å². The SMILES string of the molecule is C=CCOc1c(I)cc(C=Nc2ccc([C@@H]3Nc4ccc(C)cc4[C@H]4C=CC[C@@H]43)cc2)cc1OC. The zero-order valence-electron chi connectivity index (χ0n) is 20.0. The Morgan fingerprint density at radius 3 is 2.74 bits per heavy atom. The smallest absolute Gasteiger partial charge is 0.174 e. The Hall–Kier alpha value is -3.06. The molecule has 2 aliphatic rings. The van der Waals surface area contributed by atoms with Crippen molar-refractivity contribution < 1.29 is 9.47 Å². The van der Waals surface area contributed by atoms with Gasteiger partial charge in [0.1, 0.15) is 6.61 Å². The molecule has 0 aromatic heterocycles. The van der Waals surface area contributed by atoms with Crippen molar-refractivity contribution in [2.45, 2.75) is 25.3 Å². The summed E-state index contributed by atoms with van der Waals surface area (Å²) in [6.45, 7) is 6.31. The van der Waals surface area contributed by atoms with E-state index in [1.54, 1.807) is 13.2 Å². The van der Waals surface area contributed by atoms with Crippen LogP contribution in [0.1, 0.15) is 40.6 Å². The normalized spacial score (nSPS) is 20.3. The Bertz CT molecular complexity index is 1300. The van der Waals surface area contributed by atoms with Crippen molar-refractivity contribution >= 4 is 40.2 Å². The molecule has 1 N–H and O–H groups in total. The number of ether oxygens (including phenoxy) is 2. The summed E-state index contributed by atoms with van der Waals surface area (Å²) in [6.07, 6.45) is 9.41. The minimum Gasteiger partial charge on any atom is -0.493 e. The molecule has 5 heteroatoms. The summed E-state index contributed by atoms with van der Waals surface area (Å²) in [7, 11) is 1.65. The number of rotatable bonds is 7. The molecular formula is C30H29IN2O2. The van der Waals surface area contributed by atoms with Gasteiger partial charge in [-0.25, -0.2) is 0 Å². The molecule has 0 amide bonds. The summed E-state index contributed by atoms with van der Waals surface area (Å²) in [5.41, 5.74) is 7.17. The molecule has 1 aliphatic heterocycles. The maximum atomic E-state index is 5.75. The Morgan fingerprint density at radius 1 is 1.14 bits per heavy atom. The number of allylic oxidation sites excluding steroid dienone is 2. The number of hydrogen-bond acceptors (Lipinski definition) is 4. The first kappa shape index (κ1) is 23.7. The third kappa shape index (κ3) is 4.87. The van der Waals surface area contributed by atoms with Crippen LogP contribution in [0.25, 0.3) is 0 Å². The highest BCUT2D eigenvalue weighted by molar-refractivity contribution is 14.1. The van der Waals surface area contributed by atoms with Crippen LogP contribution in [0, 0.1) is 16.4 Å². The van der Waals surface area contributed by atoms with Gasteiger partial charge in [-0.05, 0) is 88.9 Å². The number of aliphatic imine (C=N–C) groups is 1. The summed E-state index contributed by atoms with van der Waals surface area (Å²) < 4.78 is 12.2. The van der Waals surface area contributed by atoms with Gasteiger partial charge in [-0.1, -0.05) is 54.6 Å². The Morgan fingerprint density at radius 2 is 1.97 bits per heavy atom. The van der Waals surface area contributed by atoms with Crippen LogP contribution >= 0.6 is 22.6 Å². The van der Waals surface area contributed by atoms with Crippen molar-refractivity contribution in [2.24, 2.45) is 10.9 Å². The molecule has 3 aromatic rings. The molecule has 1 heterocycles. The van der Waals surface area contributed by atoms with Gasteiger partial charge >= 0.3 is 0 Å². The number of halogens is 1. The van der Waals surface area contributed by atoms with E-state index in [1.165, 1.54) is 22.4 Å². The third-order valence-corrected chi connectivity index (χ3v) is 7.53. The zero-order valence-corrected chi connectivity index (χ0v) is 22.2. The second kappa shape index (κ2) is 10.3. The van der Waals surface area contributed by atoms with Gasteiger partial charge in [0, 0.05) is 17.8 Å². The van der Waals surface area contributed by atoms with E-state index in [0.717, 1.165) is 27.0 Å². The first-order valence-corrected chi connectivity index (χ1v) is 12.9. The predicted molar refractivity (Wildman–Crippen MR) is 153 cm³/mol. The van der Waals surface area contributed by atoms with Crippen LogP contribution in [0.3, 0.4) is 0 Å². The fourth-order valence-corrected chi connectivity index (χ4v) is 5.84. The maximum Gasteiger partial charge on any atom is 0.174 e. The van der Waals surface area contributed by atoms with Crippen molar-refractivity contribution in [3.05, 3.63) is 105 Å². The summed E-state index contributed by atoms with van der Waals surface area (Å²) in [4.78, 5) is 4.71. The number of nitrogens with zero attached hydrogens (tertiary/aromatic N) is 1. The molecule has 0 bridgehead atoms. The van der Waals surface area contributed by atoms with Gasteiger partial charge in [0.05, 0.1) is 22.4 Å². The number of nitrogens with one attached hydrogen (secondary N) is 1. The molecule has 35 heavy (non-hydrogen) atoms. The molecular weight excluding hydrogens is 547 g/mol. The highest BCUT2D eigenvalue weighted by Crippen LogP contribution is 2.50. The highest BCUT2D eigenvalue weighted by Gasteiger charge is 2.37. The van der Waals surface area contributed by atoms with Crippen LogP contribution in [-0.2, 0) is 0 Å². The number of methoxy groups -OCH3 is 1. The van der Waals surface area contributed by atoms with Gasteiger partial charge < -0.3 is 14.8 Å². The molecule has 0 saturated heterocycles. The van der Waals surface area contributed by atoms with E-state index >= 15 is 0 Å². The Labute approximate surface area is 220 Å². The highest BCUT2D eigenvalue weighted by atomic mass is 127. The molecule has 3 aromatic carbocycles. The van der Waals surface area contributed by atoms with Crippen LogP contribution in [0.2, 0.25) is 0 Å². The molecule has 0 saturated carbocycles. The minimum atomic E-state index is 0.289. The van der Waals surface area contributed by atoms with Crippen molar-refractivity contribution in [1.29, 1.82) is 0 Å². The van der Waals surface area contributed by atoms with E-state index in [0.29, 0.717) is 24.2 Å². The molecule has 0 radical (unpaired) electrons. The first-order valence-electron chi connectivity index (χ1n) is 11.9. The monoisotopic (exact) mass is 576 g/mol. The van der Waals surface area contributed by atoms with E-state index in [9.17, 15) is 0 Å². The van der Waals surface area contributed by atoms with Crippen LogP contribution < -0.4 is 14.8 Å². The van der Waals surface area contributed by atoms with Crippen LogP contribution in [0.15, 0.2) is 84.4 Å². The summed E-state index contributed by atoms with van der Waals surface area (Å²) in [5.74, 6) is 2.43. The lowest BCUT2D eigenvalue weighted by Gasteiger charge is -2.37. The van der Waals surface area contributed by atoms with Gasteiger partial charge in [-0.2, -0.15) is 0 Å². The molecule has 0 unspecified atom stereocenters. The summed E-state index contributed by atoms with van der Waals surface area (Å²) in [6, 6.07) is 19.6. The average Bonchev–Trinajstić information content (AvgIpc) is 3.37. The van der Waals surface area contributed by atoms with E-state index in [1.807, 2.05) is 18.3 Å². The molecule has 0 fully saturated rings. The molecule has 3 atom stereocenters. The van der Waals surface area contributed by atoms with E-state index in [4.69, 9.17) is 14.5 Å². The van der Waals surface area contributed by atoms with Crippen LogP contribution in [-0.4, -0.2) is 19.9 Å². The summed E-state index contributed by atoms with van der Waals surface area (Å²) >= 11 is 2.26. The van der Waals surface area contributed by atoms with E-state index in [2.05, 4.69) is 96.0 Å². The number of aryl methyl sites for hydroxylation is 1. The molecule has 178 valence electrons.